The Morgan fingerprint density at radius 3 is 2.33 bits per heavy atom. The van der Waals surface area contributed by atoms with E-state index in [9.17, 15) is 9.59 Å². The van der Waals surface area contributed by atoms with E-state index in [1.807, 2.05) is 55.5 Å². The molecule has 0 heterocycles. The molecule has 1 saturated carbocycles. The summed E-state index contributed by atoms with van der Waals surface area (Å²) < 4.78 is 0. The minimum Gasteiger partial charge on any atom is -0.355 e. The number of aryl methyl sites for hydroxylation is 1. The highest BCUT2D eigenvalue weighted by atomic mass is 16.2. The van der Waals surface area contributed by atoms with Crippen molar-refractivity contribution in [1.29, 1.82) is 0 Å². The number of carbonyl (C=O) groups excluding carboxylic acids is 2. The largest absolute Gasteiger partial charge is 0.355 e. The predicted molar refractivity (Wildman–Crippen MR) is 109 cm³/mol. The molecule has 4 nitrogen and oxygen atoms in total. The zero-order chi connectivity index (χ0) is 19.4. The molecule has 0 atom stereocenters. The van der Waals surface area contributed by atoms with E-state index >= 15 is 0 Å². The third-order valence-electron chi connectivity index (χ3n) is 5.33. The van der Waals surface area contributed by atoms with Gasteiger partial charge in [-0.3, -0.25) is 9.59 Å². The number of para-hydroxylation sites is 1. The first-order chi connectivity index (χ1) is 12.9. The summed E-state index contributed by atoms with van der Waals surface area (Å²) in [4.78, 5) is 25.6. The molecule has 0 bridgehead atoms. The van der Waals surface area contributed by atoms with Crippen LogP contribution in [-0.2, 0) is 16.0 Å². The van der Waals surface area contributed by atoms with Crippen molar-refractivity contribution < 1.29 is 9.59 Å². The molecule has 2 N–H and O–H groups in total. The van der Waals surface area contributed by atoms with E-state index in [2.05, 4.69) is 24.5 Å². The van der Waals surface area contributed by atoms with Crippen LogP contribution >= 0.6 is 0 Å². The maximum atomic E-state index is 12.9. The van der Waals surface area contributed by atoms with Crippen LogP contribution in [0, 0.1) is 12.3 Å². The van der Waals surface area contributed by atoms with Gasteiger partial charge in [-0.25, -0.2) is 0 Å². The van der Waals surface area contributed by atoms with Gasteiger partial charge >= 0.3 is 0 Å². The van der Waals surface area contributed by atoms with Crippen LogP contribution in [0.5, 0.6) is 0 Å². The molecule has 0 radical (unpaired) electrons. The van der Waals surface area contributed by atoms with E-state index < -0.39 is 5.41 Å². The lowest BCUT2D eigenvalue weighted by atomic mass is 9.97. The second-order valence-electron chi connectivity index (χ2n) is 7.72. The molecule has 2 aromatic rings. The van der Waals surface area contributed by atoms with Crippen molar-refractivity contribution in [2.24, 2.45) is 5.41 Å². The Balaban J connectivity index is 1.64. The highest BCUT2D eigenvalue weighted by Crippen LogP contribution is 2.47. The minimum absolute atomic E-state index is 0.157. The van der Waals surface area contributed by atoms with Crippen molar-refractivity contribution in [3.05, 3.63) is 65.2 Å². The van der Waals surface area contributed by atoms with Crippen LogP contribution in [0.1, 0.15) is 49.3 Å². The van der Waals surface area contributed by atoms with Crippen molar-refractivity contribution in [2.75, 3.05) is 11.9 Å². The molecule has 2 amide bonds. The molecule has 2 aromatic carbocycles. The van der Waals surface area contributed by atoms with Gasteiger partial charge < -0.3 is 10.6 Å². The van der Waals surface area contributed by atoms with Crippen molar-refractivity contribution in [1.82, 2.24) is 5.32 Å². The van der Waals surface area contributed by atoms with Crippen LogP contribution < -0.4 is 10.6 Å². The maximum Gasteiger partial charge on any atom is 0.240 e. The van der Waals surface area contributed by atoms with Gasteiger partial charge in [0.05, 0.1) is 0 Å². The summed E-state index contributed by atoms with van der Waals surface area (Å²) in [6, 6.07) is 16.1. The lowest BCUT2D eigenvalue weighted by molar-refractivity contribution is -0.134. The molecule has 0 spiro atoms. The average Bonchev–Trinajstić information content (AvgIpc) is 3.46. The van der Waals surface area contributed by atoms with E-state index in [1.54, 1.807) is 0 Å². The summed E-state index contributed by atoms with van der Waals surface area (Å²) in [6.45, 7) is 6.74. The van der Waals surface area contributed by atoms with Gasteiger partial charge in [0.15, 0.2) is 0 Å². The molecular formula is C23H28N2O2. The van der Waals surface area contributed by atoms with E-state index in [0.29, 0.717) is 25.3 Å². The van der Waals surface area contributed by atoms with Gasteiger partial charge in [0.2, 0.25) is 11.8 Å². The number of carbonyl (C=O) groups is 2. The van der Waals surface area contributed by atoms with Crippen LogP contribution in [0.25, 0.3) is 0 Å². The minimum atomic E-state index is -0.910. The molecule has 0 unspecified atom stereocenters. The molecule has 1 aliphatic carbocycles. The summed E-state index contributed by atoms with van der Waals surface area (Å²) >= 11 is 0. The molecule has 1 aliphatic rings. The van der Waals surface area contributed by atoms with Gasteiger partial charge in [-0.05, 0) is 48.8 Å². The second-order valence-corrected chi connectivity index (χ2v) is 7.72. The van der Waals surface area contributed by atoms with Gasteiger partial charge in [0.1, 0.15) is 5.41 Å². The van der Waals surface area contributed by atoms with Gasteiger partial charge in [0, 0.05) is 12.2 Å². The summed E-state index contributed by atoms with van der Waals surface area (Å²) in [6.07, 6.45) is 1.98. The highest BCUT2D eigenvalue weighted by molar-refractivity contribution is 6.13. The van der Waals surface area contributed by atoms with E-state index in [0.717, 1.165) is 23.2 Å². The summed E-state index contributed by atoms with van der Waals surface area (Å²) in [5.41, 5.74) is 3.24. The van der Waals surface area contributed by atoms with Crippen molar-refractivity contribution >= 4 is 17.5 Å². The van der Waals surface area contributed by atoms with Crippen LogP contribution in [0.2, 0.25) is 0 Å². The third-order valence-corrected chi connectivity index (χ3v) is 5.33. The molecule has 1 fully saturated rings. The standard InChI is InChI=1S/C23H28N2O2/c1-16(2)19-11-7-8-17(3)20(19)25-22(27)23(13-14-23)21(26)24-15-12-18-9-5-4-6-10-18/h4-11,16H,12-15H2,1-3H3,(H,24,26)(H,25,27). The van der Waals surface area contributed by atoms with Crippen LogP contribution in [0.15, 0.2) is 48.5 Å². The van der Waals surface area contributed by atoms with Gasteiger partial charge in [0.25, 0.3) is 0 Å². The predicted octanol–water partition coefficient (Wildman–Crippen LogP) is 4.20. The van der Waals surface area contributed by atoms with Crippen molar-refractivity contribution in [3.63, 3.8) is 0 Å². The summed E-state index contributed by atoms with van der Waals surface area (Å²) in [5, 5.41) is 6.01. The zero-order valence-electron chi connectivity index (χ0n) is 16.3. The van der Waals surface area contributed by atoms with Crippen molar-refractivity contribution in [3.8, 4) is 0 Å². The first kappa shape index (κ1) is 19.2. The van der Waals surface area contributed by atoms with E-state index in [1.165, 1.54) is 5.56 Å². The van der Waals surface area contributed by atoms with Gasteiger partial charge in [-0.15, -0.1) is 0 Å². The molecule has 0 aromatic heterocycles. The number of hydrogen-bond donors (Lipinski definition) is 2. The fourth-order valence-corrected chi connectivity index (χ4v) is 3.39. The lowest BCUT2D eigenvalue weighted by Gasteiger charge is -2.20. The fourth-order valence-electron chi connectivity index (χ4n) is 3.39. The Hall–Kier alpha value is -2.62. The highest BCUT2D eigenvalue weighted by Gasteiger charge is 2.56. The van der Waals surface area contributed by atoms with Crippen LogP contribution in [0.3, 0.4) is 0 Å². The SMILES string of the molecule is Cc1cccc(C(C)C)c1NC(=O)C1(C(=O)NCCc2ccccc2)CC1. The second kappa shape index (κ2) is 7.95. The normalized spacial score (nSPS) is 14.7. The Morgan fingerprint density at radius 1 is 1.00 bits per heavy atom. The number of rotatable bonds is 7. The summed E-state index contributed by atoms with van der Waals surface area (Å²) in [5.74, 6) is -0.0402. The Kier molecular flexibility index (Phi) is 5.64. The lowest BCUT2D eigenvalue weighted by Crippen LogP contribution is -2.41. The topological polar surface area (TPSA) is 58.2 Å². The number of hydrogen-bond acceptors (Lipinski definition) is 2. The molecular weight excluding hydrogens is 336 g/mol. The third kappa shape index (κ3) is 4.21. The molecule has 3 rings (SSSR count). The van der Waals surface area contributed by atoms with Gasteiger partial charge in [-0.1, -0.05) is 62.4 Å². The molecule has 4 heteroatoms. The Bertz CT molecular complexity index is 824. The quantitative estimate of drug-likeness (QED) is 0.724. The molecule has 142 valence electrons. The first-order valence-corrected chi connectivity index (χ1v) is 9.67. The van der Waals surface area contributed by atoms with Crippen LogP contribution in [-0.4, -0.2) is 18.4 Å². The molecule has 0 aliphatic heterocycles. The monoisotopic (exact) mass is 364 g/mol. The molecule has 0 saturated heterocycles. The van der Waals surface area contributed by atoms with Crippen molar-refractivity contribution in [2.45, 2.75) is 46.0 Å². The molecule has 27 heavy (non-hydrogen) atoms. The van der Waals surface area contributed by atoms with Crippen LogP contribution in [0.4, 0.5) is 5.69 Å². The number of nitrogens with one attached hydrogen (secondary N) is 2. The number of amides is 2. The number of anilines is 1. The zero-order valence-corrected chi connectivity index (χ0v) is 16.3. The first-order valence-electron chi connectivity index (χ1n) is 9.67. The van der Waals surface area contributed by atoms with E-state index in [4.69, 9.17) is 0 Å². The number of benzene rings is 2. The summed E-state index contributed by atoms with van der Waals surface area (Å²) in [7, 11) is 0. The van der Waals surface area contributed by atoms with E-state index in [-0.39, 0.29) is 11.8 Å². The Morgan fingerprint density at radius 2 is 1.70 bits per heavy atom. The maximum absolute atomic E-state index is 12.9. The fraction of sp³-hybridized carbons (Fsp3) is 0.391. The average molecular weight is 364 g/mol. The van der Waals surface area contributed by atoms with Gasteiger partial charge in [-0.2, -0.15) is 0 Å². The smallest absolute Gasteiger partial charge is 0.240 e. The Labute approximate surface area is 161 Å².